The smallest absolute Gasteiger partial charge is 0.262 e. The number of hydrogen-bond acceptors (Lipinski definition) is 2. The van der Waals surface area contributed by atoms with Gasteiger partial charge >= 0.3 is 0 Å². The van der Waals surface area contributed by atoms with Gasteiger partial charge in [0.25, 0.3) is 5.91 Å². The van der Waals surface area contributed by atoms with Crippen LogP contribution in [0, 0.1) is 26.6 Å². The average molecular weight is 287 g/mol. The Morgan fingerprint density at radius 1 is 1.19 bits per heavy atom. The van der Waals surface area contributed by atoms with E-state index in [0.29, 0.717) is 5.75 Å². The van der Waals surface area contributed by atoms with E-state index in [9.17, 15) is 9.18 Å². The molecule has 2 aromatic rings. The molecule has 0 saturated heterocycles. The van der Waals surface area contributed by atoms with Crippen molar-refractivity contribution in [1.82, 2.24) is 0 Å². The fourth-order valence-electron chi connectivity index (χ4n) is 1.93. The highest BCUT2D eigenvalue weighted by Crippen LogP contribution is 2.20. The van der Waals surface area contributed by atoms with Gasteiger partial charge in [-0.3, -0.25) is 4.79 Å². The lowest BCUT2D eigenvalue weighted by atomic mass is 10.1. The van der Waals surface area contributed by atoms with E-state index in [4.69, 9.17) is 4.74 Å². The van der Waals surface area contributed by atoms with Crippen LogP contribution in [-0.4, -0.2) is 12.5 Å². The number of rotatable bonds is 4. The lowest BCUT2D eigenvalue weighted by Gasteiger charge is -2.11. The van der Waals surface area contributed by atoms with Gasteiger partial charge in [-0.15, -0.1) is 0 Å². The van der Waals surface area contributed by atoms with E-state index in [1.165, 1.54) is 6.07 Å². The van der Waals surface area contributed by atoms with Gasteiger partial charge in [0, 0.05) is 0 Å². The lowest BCUT2D eigenvalue weighted by molar-refractivity contribution is -0.118. The number of nitrogens with one attached hydrogen (secondary N) is 1. The normalized spacial score (nSPS) is 10.3. The van der Waals surface area contributed by atoms with Crippen LogP contribution in [0.25, 0.3) is 0 Å². The van der Waals surface area contributed by atoms with Crippen molar-refractivity contribution >= 4 is 11.6 Å². The summed E-state index contributed by atoms with van der Waals surface area (Å²) >= 11 is 0. The number of hydrogen-bond donors (Lipinski definition) is 1. The maximum atomic E-state index is 13.6. The Hall–Kier alpha value is -2.36. The van der Waals surface area contributed by atoms with Gasteiger partial charge in [-0.2, -0.15) is 0 Å². The Balaban J connectivity index is 1.97. The highest BCUT2D eigenvalue weighted by molar-refractivity contribution is 5.92. The molecule has 0 bridgehead atoms. The third-order valence-corrected chi connectivity index (χ3v) is 3.31. The first-order valence-corrected chi connectivity index (χ1v) is 6.72. The fourth-order valence-corrected chi connectivity index (χ4v) is 1.93. The Labute approximate surface area is 123 Å². The van der Waals surface area contributed by atoms with Crippen molar-refractivity contribution in [2.45, 2.75) is 20.8 Å². The molecule has 110 valence electrons. The second kappa shape index (κ2) is 6.39. The van der Waals surface area contributed by atoms with Crippen LogP contribution in [0.4, 0.5) is 10.1 Å². The molecule has 0 fully saturated rings. The number of anilines is 1. The number of carbonyl (C=O) groups excluding carboxylic acids is 1. The Kier molecular flexibility index (Phi) is 4.58. The average Bonchev–Trinajstić information content (AvgIpc) is 2.43. The summed E-state index contributed by atoms with van der Waals surface area (Å²) in [6.07, 6.45) is 0. The van der Waals surface area contributed by atoms with E-state index in [2.05, 4.69) is 5.32 Å². The molecule has 3 nitrogen and oxygen atoms in total. The number of amides is 1. The summed E-state index contributed by atoms with van der Waals surface area (Å²) < 4.78 is 19.1. The molecule has 4 heteroatoms. The van der Waals surface area contributed by atoms with Crippen LogP contribution in [0.5, 0.6) is 5.75 Å². The zero-order valence-corrected chi connectivity index (χ0v) is 12.4. The van der Waals surface area contributed by atoms with Gasteiger partial charge in [-0.05, 0) is 55.7 Å². The topological polar surface area (TPSA) is 38.3 Å². The highest BCUT2D eigenvalue weighted by atomic mass is 19.1. The first-order chi connectivity index (χ1) is 9.97. The molecule has 0 aromatic heterocycles. The fraction of sp³-hybridized carbons (Fsp3) is 0.235. The molecule has 0 atom stereocenters. The highest BCUT2D eigenvalue weighted by Gasteiger charge is 2.09. The number of benzene rings is 2. The van der Waals surface area contributed by atoms with Crippen molar-refractivity contribution in [3.63, 3.8) is 0 Å². The van der Waals surface area contributed by atoms with Gasteiger partial charge in [-0.25, -0.2) is 4.39 Å². The second-order valence-electron chi connectivity index (χ2n) is 5.02. The Morgan fingerprint density at radius 3 is 2.67 bits per heavy atom. The summed E-state index contributed by atoms with van der Waals surface area (Å²) in [4.78, 5) is 11.8. The summed E-state index contributed by atoms with van der Waals surface area (Å²) in [6.45, 7) is 5.54. The molecule has 0 aliphatic carbocycles. The quantitative estimate of drug-likeness (QED) is 0.929. The molecule has 0 spiro atoms. The summed E-state index contributed by atoms with van der Waals surface area (Å²) in [5, 5.41) is 2.50. The SMILES string of the molecule is Cc1ccc(NC(=O)COc2cccc(C)c2C)c(F)c1. The predicted molar refractivity (Wildman–Crippen MR) is 81.2 cm³/mol. The van der Waals surface area contributed by atoms with Gasteiger partial charge < -0.3 is 10.1 Å². The predicted octanol–water partition coefficient (Wildman–Crippen LogP) is 3.77. The lowest BCUT2D eigenvalue weighted by Crippen LogP contribution is -2.21. The monoisotopic (exact) mass is 287 g/mol. The minimum Gasteiger partial charge on any atom is -0.483 e. The summed E-state index contributed by atoms with van der Waals surface area (Å²) in [5.41, 5.74) is 3.05. The molecule has 0 radical (unpaired) electrons. The molecule has 1 N–H and O–H groups in total. The third kappa shape index (κ3) is 3.81. The van der Waals surface area contributed by atoms with Crippen LogP contribution >= 0.6 is 0 Å². The molecule has 0 unspecified atom stereocenters. The maximum Gasteiger partial charge on any atom is 0.262 e. The van der Waals surface area contributed by atoms with Gasteiger partial charge in [-0.1, -0.05) is 18.2 Å². The van der Waals surface area contributed by atoms with Crippen molar-refractivity contribution in [2.24, 2.45) is 0 Å². The summed E-state index contributed by atoms with van der Waals surface area (Å²) in [7, 11) is 0. The van der Waals surface area contributed by atoms with Gasteiger partial charge in [0.2, 0.25) is 0 Å². The molecule has 0 saturated carbocycles. The van der Waals surface area contributed by atoms with E-state index in [1.807, 2.05) is 32.0 Å². The number of carbonyl (C=O) groups is 1. The van der Waals surface area contributed by atoms with Gasteiger partial charge in [0.05, 0.1) is 5.69 Å². The van der Waals surface area contributed by atoms with Crippen molar-refractivity contribution in [2.75, 3.05) is 11.9 Å². The number of halogens is 1. The summed E-state index contributed by atoms with van der Waals surface area (Å²) in [5.74, 6) is -0.178. The maximum absolute atomic E-state index is 13.6. The van der Waals surface area contributed by atoms with Crippen LogP contribution in [0.2, 0.25) is 0 Å². The van der Waals surface area contributed by atoms with Crippen LogP contribution < -0.4 is 10.1 Å². The molecular formula is C17H18FNO2. The first-order valence-electron chi connectivity index (χ1n) is 6.72. The molecule has 1 amide bonds. The van der Waals surface area contributed by atoms with Crippen molar-refractivity contribution in [3.05, 3.63) is 58.9 Å². The minimum absolute atomic E-state index is 0.155. The molecule has 0 aliphatic heterocycles. The molecule has 0 aliphatic rings. The second-order valence-corrected chi connectivity index (χ2v) is 5.02. The number of aryl methyl sites for hydroxylation is 2. The first kappa shape index (κ1) is 15.0. The van der Waals surface area contributed by atoms with Crippen molar-refractivity contribution < 1.29 is 13.9 Å². The molecular weight excluding hydrogens is 269 g/mol. The van der Waals surface area contributed by atoms with E-state index in [1.54, 1.807) is 19.1 Å². The van der Waals surface area contributed by atoms with E-state index < -0.39 is 11.7 Å². The molecule has 2 aromatic carbocycles. The van der Waals surface area contributed by atoms with E-state index >= 15 is 0 Å². The van der Waals surface area contributed by atoms with Crippen LogP contribution in [-0.2, 0) is 4.79 Å². The number of ether oxygens (including phenoxy) is 1. The Bertz CT molecular complexity index is 668. The van der Waals surface area contributed by atoms with Crippen LogP contribution in [0.1, 0.15) is 16.7 Å². The van der Waals surface area contributed by atoms with Gasteiger partial charge in [0.15, 0.2) is 6.61 Å². The van der Waals surface area contributed by atoms with Crippen LogP contribution in [0.3, 0.4) is 0 Å². The zero-order valence-electron chi connectivity index (χ0n) is 12.4. The molecule has 2 rings (SSSR count). The third-order valence-electron chi connectivity index (χ3n) is 3.31. The standard InChI is InChI=1S/C17H18FNO2/c1-11-7-8-15(14(18)9-11)19-17(20)10-21-16-6-4-5-12(2)13(16)3/h4-9H,10H2,1-3H3,(H,19,20). The van der Waals surface area contributed by atoms with Crippen LogP contribution in [0.15, 0.2) is 36.4 Å². The van der Waals surface area contributed by atoms with Crippen molar-refractivity contribution in [3.8, 4) is 5.75 Å². The molecule has 0 heterocycles. The minimum atomic E-state index is -0.449. The van der Waals surface area contributed by atoms with E-state index in [-0.39, 0.29) is 12.3 Å². The van der Waals surface area contributed by atoms with E-state index in [0.717, 1.165) is 16.7 Å². The largest absolute Gasteiger partial charge is 0.483 e. The molecule has 21 heavy (non-hydrogen) atoms. The van der Waals surface area contributed by atoms with Crippen molar-refractivity contribution in [1.29, 1.82) is 0 Å². The van der Waals surface area contributed by atoms with Gasteiger partial charge in [0.1, 0.15) is 11.6 Å². The Morgan fingerprint density at radius 2 is 1.95 bits per heavy atom. The zero-order chi connectivity index (χ0) is 15.4. The summed E-state index contributed by atoms with van der Waals surface area (Å²) in [6, 6.07) is 10.3.